The van der Waals surface area contributed by atoms with Gasteiger partial charge in [0.15, 0.2) is 0 Å². The van der Waals surface area contributed by atoms with Crippen molar-refractivity contribution in [2.75, 3.05) is 13.1 Å². The van der Waals surface area contributed by atoms with Crippen molar-refractivity contribution in [3.05, 3.63) is 35.9 Å². The SMILES string of the molecule is O=C(O)CC(=O)NC1CCN(Cc2ccccc2)C1. The third-order valence-corrected chi connectivity index (χ3v) is 3.20. The predicted molar refractivity (Wildman–Crippen MR) is 70.5 cm³/mol. The van der Waals surface area contributed by atoms with E-state index in [2.05, 4.69) is 22.3 Å². The largest absolute Gasteiger partial charge is 0.481 e. The zero-order chi connectivity index (χ0) is 13.7. The van der Waals surface area contributed by atoms with Gasteiger partial charge in [-0.05, 0) is 12.0 Å². The average molecular weight is 262 g/mol. The van der Waals surface area contributed by atoms with Crippen molar-refractivity contribution in [1.82, 2.24) is 10.2 Å². The van der Waals surface area contributed by atoms with E-state index in [1.165, 1.54) is 5.56 Å². The lowest BCUT2D eigenvalue weighted by Gasteiger charge is -2.16. The van der Waals surface area contributed by atoms with E-state index in [0.717, 1.165) is 26.1 Å². The van der Waals surface area contributed by atoms with Gasteiger partial charge in [0, 0.05) is 25.7 Å². The number of hydrogen-bond acceptors (Lipinski definition) is 3. The first kappa shape index (κ1) is 13.5. The highest BCUT2D eigenvalue weighted by molar-refractivity contribution is 5.93. The molecule has 1 unspecified atom stereocenters. The van der Waals surface area contributed by atoms with Crippen LogP contribution < -0.4 is 5.32 Å². The number of nitrogens with one attached hydrogen (secondary N) is 1. The maximum atomic E-state index is 11.4. The highest BCUT2D eigenvalue weighted by atomic mass is 16.4. The molecule has 0 aliphatic carbocycles. The van der Waals surface area contributed by atoms with Gasteiger partial charge in [0.25, 0.3) is 0 Å². The highest BCUT2D eigenvalue weighted by Crippen LogP contribution is 2.13. The van der Waals surface area contributed by atoms with E-state index in [9.17, 15) is 9.59 Å². The minimum atomic E-state index is -1.09. The maximum absolute atomic E-state index is 11.4. The number of carboxylic acids is 1. The van der Waals surface area contributed by atoms with Crippen LogP contribution in [0.15, 0.2) is 30.3 Å². The van der Waals surface area contributed by atoms with Crippen molar-refractivity contribution in [3.63, 3.8) is 0 Å². The first-order chi connectivity index (χ1) is 9.13. The van der Waals surface area contributed by atoms with Crippen LogP contribution in [0.5, 0.6) is 0 Å². The molecule has 2 rings (SSSR count). The van der Waals surface area contributed by atoms with Gasteiger partial charge in [-0.3, -0.25) is 14.5 Å². The lowest BCUT2D eigenvalue weighted by molar-refractivity contribution is -0.140. The Labute approximate surface area is 112 Å². The Morgan fingerprint density at radius 1 is 1.32 bits per heavy atom. The topological polar surface area (TPSA) is 69.6 Å². The van der Waals surface area contributed by atoms with Gasteiger partial charge in [0.05, 0.1) is 0 Å². The molecule has 1 aliphatic rings. The van der Waals surface area contributed by atoms with Crippen molar-refractivity contribution < 1.29 is 14.7 Å². The summed E-state index contributed by atoms with van der Waals surface area (Å²) in [5.41, 5.74) is 1.25. The van der Waals surface area contributed by atoms with E-state index < -0.39 is 18.3 Å². The molecular weight excluding hydrogens is 244 g/mol. The van der Waals surface area contributed by atoms with Gasteiger partial charge in [-0.1, -0.05) is 30.3 Å². The monoisotopic (exact) mass is 262 g/mol. The Morgan fingerprint density at radius 3 is 2.74 bits per heavy atom. The lowest BCUT2D eigenvalue weighted by atomic mass is 10.2. The first-order valence-electron chi connectivity index (χ1n) is 6.41. The molecule has 1 aromatic carbocycles. The molecule has 1 atom stereocenters. The number of amides is 1. The molecule has 1 heterocycles. The Bertz CT molecular complexity index is 447. The molecule has 2 N–H and O–H groups in total. The minimum absolute atomic E-state index is 0.0653. The molecule has 1 amide bonds. The molecule has 5 heteroatoms. The molecule has 5 nitrogen and oxygen atoms in total. The Hall–Kier alpha value is -1.88. The molecule has 19 heavy (non-hydrogen) atoms. The second-order valence-corrected chi connectivity index (χ2v) is 4.84. The molecule has 1 aliphatic heterocycles. The van der Waals surface area contributed by atoms with E-state index in [-0.39, 0.29) is 6.04 Å². The van der Waals surface area contributed by atoms with Crippen molar-refractivity contribution in [2.45, 2.75) is 25.4 Å². The summed E-state index contributed by atoms with van der Waals surface area (Å²) in [6, 6.07) is 10.2. The molecule has 0 aromatic heterocycles. The van der Waals surface area contributed by atoms with Gasteiger partial charge in [-0.15, -0.1) is 0 Å². The first-order valence-corrected chi connectivity index (χ1v) is 6.41. The summed E-state index contributed by atoms with van der Waals surface area (Å²) in [6.07, 6.45) is 0.424. The summed E-state index contributed by atoms with van der Waals surface area (Å²) in [5.74, 6) is -1.49. The molecule has 0 bridgehead atoms. The standard InChI is InChI=1S/C14H18N2O3/c17-13(8-14(18)19)15-12-6-7-16(10-12)9-11-4-2-1-3-5-11/h1-5,12H,6-10H2,(H,15,17)(H,18,19). The van der Waals surface area contributed by atoms with Crippen molar-refractivity contribution in [1.29, 1.82) is 0 Å². The number of aliphatic carboxylic acids is 1. The van der Waals surface area contributed by atoms with Crippen molar-refractivity contribution >= 4 is 11.9 Å². The summed E-state index contributed by atoms with van der Waals surface area (Å²) in [6.45, 7) is 2.57. The Kier molecular flexibility index (Phi) is 4.52. The van der Waals surface area contributed by atoms with Gasteiger partial charge >= 0.3 is 5.97 Å². The normalized spacial score (nSPS) is 19.3. The lowest BCUT2D eigenvalue weighted by Crippen LogP contribution is -2.37. The molecule has 1 saturated heterocycles. The number of benzene rings is 1. The Morgan fingerprint density at radius 2 is 2.05 bits per heavy atom. The van der Waals surface area contributed by atoms with Crippen LogP contribution in [0.25, 0.3) is 0 Å². The van der Waals surface area contributed by atoms with Crippen LogP contribution in [0.3, 0.4) is 0 Å². The van der Waals surface area contributed by atoms with Crippen LogP contribution in [-0.4, -0.2) is 41.0 Å². The van der Waals surface area contributed by atoms with E-state index in [0.29, 0.717) is 0 Å². The third kappa shape index (κ3) is 4.37. The van der Waals surface area contributed by atoms with E-state index in [4.69, 9.17) is 5.11 Å². The number of likely N-dealkylation sites (tertiary alicyclic amines) is 1. The van der Waals surface area contributed by atoms with Crippen molar-refractivity contribution in [3.8, 4) is 0 Å². The number of carboxylic acid groups (broad SMARTS) is 1. The fraction of sp³-hybridized carbons (Fsp3) is 0.429. The summed E-state index contributed by atoms with van der Waals surface area (Å²) >= 11 is 0. The molecule has 0 spiro atoms. The maximum Gasteiger partial charge on any atom is 0.312 e. The van der Waals surface area contributed by atoms with Crippen LogP contribution in [0.1, 0.15) is 18.4 Å². The second-order valence-electron chi connectivity index (χ2n) is 4.84. The molecule has 1 aromatic rings. The quantitative estimate of drug-likeness (QED) is 0.772. The summed E-state index contributed by atoms with van der Waals surface area (Å²) in [7, 11) is 0. The number of carbonyl (C=O) groups excluding carboxylic acids is 1. The molecular formula is C14H18N2O3. The van der Waals surface area contributed by atoms with Crippen LogP contribution in [0.4, 0.5) is 0 Å². The van der Waals surface area contributed by atoms with Gasteiger partial charge in [-0.2, -0.15) is 0 Å². The van der Waals surface area contributed by atoms with Gasteiger partial charge in [0.2, 0.25) is 5.91 Å². The fourth-order valence-corrected chi connectivity index (χ4v) is 2.35. The van der Waals surface area contributed by atoms with Gasteiger partial charge in [0.1, 0.15) is 6.42 Å². The summed E-state index contributed by atoms with van der Waals surface area (Å²) < 4.78 is 0. The number of carbonyl (C=O) groups is 2. The zero-order valence-corrected chi connectivity index (χ0v) is 10.7. The van der Waals surface area contributed by atoms with Crippen LogP contribution in [0, 0.1) is 0 Å². The van der Waals surface area contributed by atoms with Crippen LogP contribution in [-0.2, 0) is 16.1 Å². The van der Waals surface area contributed by atoms with Crippen LogP contribution >= 0.6 is 0 Å². The van der Waals surface area contributed by atoms with E-state index in [1.807, 2.05) is 18.2 Å². The van der Waals surface area contributed by atoms with Crippen LogP contribution in [0.2, 0.25) is 0 Å². The average Bonchev–Trinajstić information content (AvgIpc) is 2.76. The Balaban J connectivity index is 1.77. The number of nitrogens with zero attached hydrogens (tertiary/aromatic N) is 1. The second kappa shape index (κ2) is 6.33. The minimum Gasteiger partial charge on any atom is -0.481 e. The van der Waals surface area contributed by atoms with Gasteiger partial charge in [-0.25, -0.2) is 0 Å². The highest BCUT2D eigenvalue weighted by Gasteiger charge is 2.24. The van der Waals surface area contributed by atoms with Crippen molar-refractivity contribution in [2.24, 2.45) is 0 Å². The zero-order valence-electron chi connectivity index (χ0n) is 10.7. The number of hydrogen-bond donors (Lipinski definition) is 2. The smallest absolute Gasteiger partial charge is 0.312 e. The van der Waals surface area contributed by atoms with E-state index in [1.54, 1.807) is 0 Å². The molecule has 0 saturated carbocycles. The van der Waals surface area contributed by atoms with Gasteiger partial charge < -0.3 is 10.4 Å². The fourth-order valence-electron chi connectivity index (χ4n) is 2.35. The van der Waals surface area contributed by atoms with E-state index >= 15 is 0 Å². The summed E-state index contributed by atoms with van der Waals surface area (Å²) in [4.78, 5) is 24.0. The molecule has 1 fully saturated rings. The molecule has 0 radical (unpaired) electrons. The molecule has 102 valence electrons. The summed E-state index contributed by atoms with van der Waals surface area (Å²) in [5, 5.41) is 11.3. The number of rotatable bonds is 5. The predicted octanol–water partition coefficient (Wildman–Crippen LogP) is 0.852. The third-order valence-electron chi connectivity index (χ3n) is 3.20.